The number of nitrogens with zero attached hydrogens (tertiary/aromatic N) is 2. The van der Waals surface area contributed by atoms with E-state index in [1.54, 1.807) is 7.11 Å². The summed E-state index contributed by atoms with van der Waals surface area (Å²) in [5.74, 6) is 2.32. The molecule has 1 aromatic carbocycles. The SMILES string of the molecule is COCCNc1cc(Nc2c(C)cccc2C)nc(C)n1. The minimum absolute atomic E-state index is 0.642. The van der Waals surface area contributed by atoms with E-state index in [2.05, 4.69) is 52.6 Å². The average molecular weight is 286 g/mol. The molecule has 21 heavy (non-hydrogen) atoms. The van der Waals surface area contributed by atoms with Crippen LogP contribution in [0.5, 0.6) is 0 Å². The molecule has 0 unspecified atom stereocenters. The summed E-state index contributed by atoms with van der Waals surface area (Å²) in [6, 6.07) is 8.13. The maximum atomic E-state index is 5.03. The van der Waals surface area contributed by atoms with Gasteiger partial charge in [-0.05, 0) is 31.9 Å². The van der Waals surface area contributed by atoms with Crippen LogP contribution in [0.15, 0.2) is 24.3 Å². The fraction of sp³-hybridized carbons (Fsp3) is 0.375. The molecule has 0 spiro atoms. The molecule has 1 heterocycles. The highest BCUT2D eigenvalue weighted by Gasteiger charge is 2.06. The van der Waals surface area contributed by atoms with E-state index in [9.17, 15) is 0 Å². The van der Waals surface area contributed by atoms with E-state index in [0.29, 0.717) is 6.61 Å². The number of benzene rings is 1. The smallest absolute Gasteiger partial charge is 0.136 e. The third-order valence-electron chi connectivity index (χ3n) is 3.18. The van der Waals surface area contributed by atoms with Gasteiger partial charge in [-0.25, -0.2) is 9.97 Å². The van der Waals surface area contributed by atoms with Crippen molar-refractivity contribution in [2.75, 3.05) is 30.9 Å². The number of aromatic nitrogens is 2. The molecule has 0 saturated carbocycles. The first-order valence-corrected chi connectivity index (χ1v) is 7.02. The highest BCUT2D eigenvalue weighted by atomic mass is 16.5. The summed E-state index contributed by atoms with van der Waals surface area (Å²) in [4.78, 5) is 8.82. The van der Waals surface area contributed by atoms with Crippen molar-refractivity contribution in [2.45, 2.75) is 20.8 Å². The predicted molar refractivity (Wildman–Crippen MR) is 86.3 cm³/mol. The number of nitrogens with one attached hydrogen (secondary N) is 2. The van der Waals surface area contributed by atoms with Gasteiger partial charge in [0, 0.05) is 25.4 Å². The zero-order chi connectivity index (χ0) is 15.2. The van der Waals surface area contributed by atoms with Gasteiger partial charge in [-0.1, -0.05) is 18.2 Å². The van der Waals surface area contributed by atoms with Gasteiger partial charge in [0.15, 0.2) is 0 Å². The number of methoxy groups -OCH3 is 1. The third-order valence-corrected chi connectivity index (χ3v) is 3.18. The molecular formula is C16H22N4O. The van der Waals surface area contributed by atoms with Crippen molar-refractivity contribution < 1.29 is 4.74 Å². The lowest BCUT2D eigenvalue weighted by atomic mass is 10.1. The molecule has 0 aliphatic rings. The van der Waals surface area contributed by atoms with Gasteiger partial charge in [0.05, 0.1) is 6.61 Å². The van der Waals surface area contributed by atoms with E-state index in [-0.39, 0.29) is 0 Å². The number of rotatable bonds is 6. The first-order valence-electron chi connectivity index (χ1n) is 7.02. The second-order valence-corrected chi connectivity index (χ2v) is 5.00. The van der Waals surface area contributed by atoms with Crippen LogP contribution in [0.2, 0.25) is 0 Å². The monoisotopic (exact) mass is 286 g/mol. The Morgan fingerprint density at radius 2 is 1.71 bits per heavy atom. The molecule has 2 aromatic rings. The van der Waals surface area contributed by atoms with Gasteiger partial charge in [0.1, 0.15) is 17.5 Å². The molecule has 5 heteroatoms. The Labute approximate surface area is 125 Å². The summed E-state index contributed by atoms with van der Waals surface area (Å²) in [6.07, 6.45) is 0. The topological polar surface area (TPSA) is 59.1 Å². The molecule has 112 valence electrons. The quantitative estimate of drug-likeness (QED) is 0.799. The highest BCUT2D eigenvalue weighted by Crippen LogP contribution is 2.24. The Bertz CT molecular complexity index is 593. The largest absolute Gasteiger partial charge is 0.383 e. The van der Waals surface area contributed by atoms with Crippen LogP contribution in [0, 0.1) is 20.8 Å². The first-order chi connectivity index (χ1) is 10.1. The number of ether oxygens (including phenoxy) is 1. The molecule has 0 radical (unpaired) electrons. The lowest BCUT2D eigenvalue weighted by molar-refractivity contribution is 0.210. The lowest BCUT2D eigenvalue weighted by Crippen LogP contribution is -2.10. The molecule has 1 aromatic heterocycles. The fourth-order valence-corrected chi connectivity index (χ4v) is 2.14. The number of aryl methyl sites for hydroxylation is 3. The van der Waals surface area contributed by atoms with Gasteiger partial charge < -0.3 is 15.4 Å². The Balaban J connectivity index is 2.20. The summed E-state index contributed by atoms with van der Waals surface area (Å²) < 4.78 is 5.03. The van der Waals surface area contributed by atoms with Gasteiger partial charge in [-0.2, -0.15) is 0 Å². The lowest BCUT2D eigenvalue weighted by Gasteiger charge is -2.13. The Morgan fingerprint density at radius 1 is 1.05 bits per heavy atom. The molecule has 2 rings (SSSR count). The Hall–Kier alpha value is -2.14. The molecule has 0 amide bonds. The summed E-state index contributed by atoms with van der Waals surface area (Å²) in [5, 5.41) is 6.62. The second kappa shape index (κ2) is 7.04. The number of para-hydroxylation sites is 1. The van der Waals surface area contributed by atoms with Crippen LogP contribution in [-0.4, -0.2) is 30.2 Å². The standard InChI is InChI=1S/C16H22N4O/c1-11-6-5-7-12(2)16(11)20-15-10-14(17-8-9-21-4)18-13(3)19-15/h5-7,10H,8-9H2,1-4H3,(H2,17,18,19,20). The van der Waals surface area contributed by atoms with Crippen LogP contribution in [0.25, 0.3) is 0 Å². The maximum Gasteiger partial charge on any atom is 0.136 e. The predicted octanol–water partition coefficient (Wildman–Crippen LogP) is 3.20. The molecule has 0 aliphatic carbocycles. The van der Waals surface area contributed by atoms with Crippen molar-refractivity contribution in [3.05, 3.63) is 41.2 Å². The molecule has 0 fully saturated rings. The van der Waals surface area contributed by atoms with E-state index < -0.39 is 0 Å². The minimum Gasteiger partial charge on any atom is -0.383 e. The zero-order valence-corrected chi connectivity index (χ0v) is 13.0. The fourth-order valence-electron chi connectivity index (χ4n) is 2.14. The van der Waals surface area contributed by atoms with Gasteiger partial charge in [0.2, 0.25) is 0 Å². The summed E-state index contributed by atoms with van der Waals surface area (Å²) in [6.45, 7) is 7.41. The van der Waals surface area contributed by atoms with Gasteiger partial charge in [-0.15, -0.1) is 0 Å². The van der Waals surface area contributed by atoms with E-state index in [4.69, 9.17) is 4.74 Å². The van der Waals surface area contributed by atoms with Crippen LogP contribution in [-0.2, 0) is 4.74 Å². The minimum atomic E-state index is 0.642. The van der Waals surface area contributed by atoms with E-state index in [1.165, 1.54) is 11.1 Å². The summed E-state index contributed by atoms with van der Waals surface area (Å²) in [7, 11) is 1.68. The molecule has 0 aliphatic heterocycles. The molecular weight excluding hydrogens is 264 g/mol. The Kier molecular flexibility index (Phi) is 5.11. The van der Waals surface area contributed by atoms with E-state index in [1.807, 2.05) is 13.0 Å². The van der Waals surface area contributed by atoms with Crippen molar-refractivity contribution in [1.29, 1.82) is 0 Å². The van der Waals surface area contributed by atoms with Crippen molar-refractivity contribution in [2.24, 2.45) is 0 Å². The molecule has 0 atom stereocenters. The zero-order valence-electron chi connectivity index (χ0n) is 13.0. The van der Waals surface area contributed by atoms with E-state index >= 15 is 0 Å². The van der Waals surface area contributed by atoms with E-state index in [0.717, 1.165) is 29.7 Å². The van der Waals surface area contributed by atoms with Crippen LogP contribution < -0.4 is 10.6 Å². The molecule has 0 saturated heterocycles. The summed E-state index contributed by atoms with van der Waals surface area (Å²) >= 11 is 0. The molecule has 2 N–H and O–H groups in total. The molecule has 5 nitrogen and oxygen atoms in total. The number of anilines is 3. The van der Waals surface area contributed by atoms with Crippen molar-refractivity contribution in [3.63, 3.8) is 0 Å². The average Bonchev–Trinajstić information content (AvgIpc) is 2.43. The van der Waals surface area contributed by atoms with Crippen LogP contribution in [0.4, 0.5) is 17.3 Å². The van der Waals surface area contributed by atoms with Crippen LogP contribution in [0.1, 0.15) is 17.0 Å². The van der Waals surface area contributed by atoms with Gasteiger partial charge in [-0.3, -0.25) is 0 Å². The maximum absolute atomic E-state index is 5.03. The highest BCUT2D eigenvalue weighted by molar-refractivity contribution is 5.65. The van der Waals surface area contributed by atoms with Crippen LogP contribution in [0.3, 0.4) is 0 Å². The number of hydrogen-bond acceptors (Lipinski definition) is 5. The van der Waals surface area contributed by atoms with Gasteiger partial charge >= 0.3 is 0 Å². The Morgan fingerprint density at radius 3 is 2.38 bits per heavy atom. The first kappa shape index (κ1) is 15.3. The van der Waals surface area contributed by atoms with Crippen molar-refractivity contribution in [3.8, 4) is 0 Å². The second-order valence-electron chi connectivity index (χ2n) is 5.00. The van der Waals surface area contributed by atoms with Crippen LogP contribution >= 0.6 is 0 Å². The summed E-state index contributed by atoms with van der Waals surface area (Å²) in [5.41, 5.74) is 3.48. The van der Waals surface area contributed by atoms with Gasteiger partial charge in [0.25, 0.3) is 0 Å². The van der Waals surface area contributed by atoms with Crippen molar-refractivity contribution in [1.82, 2.24) is 9.97 Å². The van der Waals surface area contributed by atoms with Crippen molar-refractivity contribution >= 4 is 17.3 Å². The third kappa shape index (κ3) is 4.16. The molecule has 0 bridgehead atoms. The number of hydrogen-bond donors (Lipinski definition) is 2. The normalized spacial score (nSPS) is 10.5.